The molecule has 23 heavy (non-hydrogen) atoms. The molecule has 2 aliphatic rings. The zero-order valence-corrected chi connectivity index (χ0v) is 13.7. The van der Waals surface area contributed by atoms with E-state index < -0.39 is 6.09 Å². The minimum absolute atomic E-state index is 0.143. The summed E-state index contributed by atoms with van der Waals surface area (Å²) in [6, 6.07) is 0.373. The van der Waals surface area contributed by atoms with Gasteiger partial charge in [0.1, 0.15) is 6.73 Å². The second-order valence-corrected chi connectivity index (χ2v) is 6.37. The average molecular weight is 323 g/mol. The van der Waals surface area contributed by atoms with Crippen LogP contribution >= 0.6 is 0 Å². The van der Waals surface area contributed by atoms with E-state index in [9.17, 15) is 14.4 Å². The Morgan fingerprint density at radius 3 is 2.65 bits per heavy atom. The number of carbonyl (C=O) groups is 3. The highest BCUT2D eigenvalue weighted by molar-refractivity contribution is 6.12. The molecular weight excluding hydrogens is 298 g/mol. The molecule has 1 aliphatic heterocycles. The monoisotopic (exact) mass is 323 g/mol. The maximum absolute atomic E-state index is 11.6. The quantitative estimate of drug-likeness (QED) is 0.563. The number of hydrogen-bond acceptors (Lipinski definition) is 5. The van der Waals surface area contributed by atoms with Gasteiger partial charge in [-0.2, -0.15) is 0 Å². The van der Waals surface area contributed by atoms with Crippen LogP contribution < -0.4 is 10.6 Å². The molecule has 0 spiro atoms. The minimum Gasteiger partial charge on any atom is -0.434 e. The van der Waals surface area contributed by atoms with E-state index in [1.807, 2.05) is 0 Å². The number of nitrogens with zero attached hydrogens (tertiary/aromatic N) is 1. The number of amides is 3. The predicted molar refractivity (Wildman–Crippen MR) is 84.3 cm³/mol. The van der Waals surface area contributed by atoms with Crippen LogP contribution in [0.3, 0.4) is 0 Å². The van der Waals surface area contributed by atoms with Gasteiger partial charge in [0.05, 0.1) is 0 Å². The maximum atomic E-state index is 11.6. The summed E-state index contributed by atoms with van der Waals surface area (Å²) in [6.07, 6.45) is 5.42. The molecule has 0 bridgehead atoms. The lowest BCUT2D eigenvalue weighted by Gasteiger charge is -2.33. The first kappa shape index (κ1) is 17.5. The molecule has 1 heterocycles. The van der Waals surface area contributed by atoms with Crippen molar-refractivity contribution in [2.24, 2.45) is 11.8 Å². The zero-order chi connectivity index (χ0) is 16.8. The van der Waals surface area contributed by atoms with Crippen LogP contribution in [0.15, 0.2) is 12.2 Å². The molecule has 0 aromatic heterocycles. The predicted octanol–water partition coefficient (Wildman–Crippen LogP) is 1.01. The normalized spacial score (nSPS) is 27.4. The van der Waals surface area contributed by atoms with E-state index in [0.29, 0.717) is 17.9 Å². The Labute approximate surface area is 136 Å². The van der Waals surface area contributed by atoms with E-state index in [-0.39, 0.29) is 31.6 Å². The van der Waals surface area contributed by atoms with Gasteiger partial charge in [-0.15, -0.1) is 0 Å². The number of ether oxygens (including phenoxy) is 1. The maximum Gasteiger partial charge on any atom is 0.408 e. The van der Waals surface area contributed by atoms with Crippen molar-refractivity contribution in [3.05, 3.63) is 12.2 Å². The van der Waals surface area contributed by atoms with Crippen LogP contribution in [0.25, 0.3) is 0 Å². The van der Waals surface area contributed by atoms with Crippen LogP contribution in [0.4, 0.5) is 4.79 Å². The average Bonchev–Trinajstić information content (AvgIpc) is 2.82. The van der Waals surface area contributed by atoms with Gasteiger partial charge < -0.3 is 10.1 Å². The topological polar surface area (TPSA) is 87.7 Å². The Hall–Kier alpha value is -1.89. The summed E-state index contributed by atoms with van der Waals surface area (Å²) in [4.78, 5) is 35.3. The highest BCUT2D eigenvalue weighted by Gasteiger charge is 2.25. The molecule has 0 aromatic rings. The molecule has 7 heteroatoms. The van der Waals surface area contributed by atoms with Crippen molar-refractivity contribution < 1.29 is 19.1 Å². The number of imide groups is 1. The van der Waals surface area contributed by atoms with Gasteiger partial charge in [0.2, 0.25) is 0 Å². The molecule has 0 radical (unpaired) electrons. The fraction of sp³-hybridized carbons (Fsp3) is 0.688. The Bertz CT molecular complexity index is 474. The summed E-state index contributed by atoms with van der Waals surface area (Å²) >= 11 is 0. The Morgan fingerprint density at radius 2 is 1.96 bits per heavy atom. The van der Waals surface area contributed by atoms with Gasteiger partial charge in [-0.3, -0.25) is 19.8 Å². The van der Waals surface area contributed by atoms with Gasteiger partial charge in [0, 0.05) is 31.3 Å². The number of hydrogen-bond donors (Lipinski definition) is 2. The van der Waals surface area contributed by atoms with Gasteiger partial charge in [0.25, 0.3) is 11.8 Å². The largest absolute Gasteiger partial charge is 0.434 e. The van der Waals surface area contributed by atoms with E-state index in [1.165, 1.54) is 25.0 Å². The smallest absolute Gasteiger partial charge is 0.408 e. The summed E-state index contributed by atoms with van der Waals surface area (Å²) in [6.45, 7) is 4.93. The molecule has 128 valence electrons. The Balaban J connectivity index is 1.58. The highest BCUT2D eigenvalue weighted by atomic mass is 16.6. The molecule has 1 fully saturated rings. The molecule has 2 rings (SSSR count). The molecule has 1 saturated carbocycles. The van der Waals surface area contributed by atoms with Crippen LogP contribution in [0.1, 0.15) is 33.1 Å². The van der Waals surface area contributed by atoms with Gasteiger partial charge in [-0.05, 0) is 24.7 Å². The molecule has 2 N–H and O–H groups in total. The number of nitrogens with one attached hydrogen (secondary N) is 2. The van der Waals surface area contributed by atoms with Crippen LogP contribution in [-0.4, -0.2) is 48.7 Å². The lowest BCUT2D eigenvalue weighted by Crippen LogP contribution is -2.42. The lowest BCUT2D eigenvalue weighted by atomic mass is 9.80. The summed E-state index contributed by atoms with van der Waals surface area (Å²) in [5.41, 5.74) is 0. The second-order valence-electron chi connectivity index (χ2n) is 6.37. The van der Waals surface area contributed by atoms with Crippen LogP contribution in [0.5, 0.6) is 0 Å². The van der Waals surface area contributed by atoms with Gasteiger partial charge in [-0.25, -0.2) is 4.79 Å². The van der Waals surface area contributed by atoms with Crippen molar-refractivity contribution >= 4 is 17.9 Å². The molecule has 7 nitrogen and oxygen atoms in total. The SMILES string of the molecule is CC1CC[C@@H](C)C[C@H]1NCOC(=O)NCCN1C(=O)C=CC1=O. The first-order valence-electron chi connectivity index (χ1n) is 8.15. The number of rotatable bonds is 6. The van der Waals surface area contributed by atoms with E-state index in [2.05, 4.69) is 24.5 Å². The third-order valence-corrected chi connectivity index (χ3v) is 4.51. The third kappa shape index (κ3) is 5.06. The molecule has 3 atom stereocenters. The molecule has 3 amide bonds. The molecule has 1 aliphatic carbocycles. The fourth-order valence-corrected chi connectivity index (χ4v) is 3.00. The first-order valence-corrected chi connectivity index (χ1v) is 8.15. The van der Waals surface area contributed by atoms with Crippen molar-refractivity contribution in [2.45, 2.75) is 39.2 Å². The summed E-state index contributed by atoms with van der Waals surface area (Å²) in [5.74, 6) is 0.568. The number of alkyl carbamates (subject to hydrolysis) is 1. The first-order chi connectivity index (χ1) is 11.0. The Morgan fingerprint density at radius 1 is 1.26 bits per heavy atom. The fourth-order valence-electron chi connectivity index (χ4n) is 3.00. The van der Waals surface area contributed by atoms with E-state index in [0.717, 1.165) is 11.3 Å². The summed E-state index contributed by atoms with van der Waals surface area (Å²) in [7, 11) is 0. The molecule has 0 aromatic carbocycles. The Kier molecular flexibility index (Phi) is 6.15. The molecular formula is C16H25N3O4. The van der Waals surface area contributed by atoms with Crippen molar-refractivity contribution in [2.75, 3.05) is 19.8 Å². The van der Waals surface area contributed by atoms with Gasteiger partial charge in [0.15, 0.2) is 0 Å². The summed E-state index contributed by atoms with van der Waals surface area (Å²) in [5, 5.41) is 5.80. The van der Waals surface area contributed by atoms with Crippen molar-refractivity contribution in [3.8, 4) is 0 Å². The molecule has 1 unspecified atom stereocenters. The molecule has 0 saturated heterocycles. The summed E-state index contributed by atoms with van der Waals surface area (Å²) < 4.78 is 5.08. The van der Waals surface area contributed by atoms with E-state index in [4.69, 9.17) is 4.74 Å². The van der Waals surface area contributed by atoms with E-state index >= 15 is 0 Å². The van der Waals surface area contributed by atoms with Gasteiger partial charge in [-0.1, -0.05) is 20.3 Å². The number of carbonyl (C=O) groups excluding carboxylic acids is 3. The third-order valence-electron chi connectivity index (χ3n) is 4.51. The van der Waals surface area contributed by atoms with Crippen molar-refractivity contribution in [1.29, 1.82) is 0 Å². The van der Waals surface area contributed by atoms with Crippen LogP contribution in [0, 0.1) is 11.8 Å². The van der Waals surface area contributed by atoms with Crippen molar-refractivity contribution in [3.63, 3.8) is 0 Å². The lowest BCUT2D eigenvalue weighted by molar-refractivity contribution is -0.136. The van der Waals surface area contributed by atoms with Crippen LogP contribution in [-0.2, 0) is 14.3 Å². The highest BCUT2D eigenvalue weighted by Crippen LogP contribution is 2.28. The zero-order valence-electron chi connectivity index (χ0n) is 13.7. The standard InChI is InChI=1S/C16H25N3O4/c1-11-3-4-12(2)13(9-11)18-10-23-16(22)17-7-8-19-14(20)5-6-15(19)21/h5-6,11-13,18H,3-4,7-10H2,1-2H3,(H,17,22)/t11-,12?,13-/m1/s1. The second kappa shape index (κ2) is 8.10. The van der Waals surface area contributed by atoms with E-state index in [1.54, 1.807) is 0 Å². The minimum atomic E-state index is -0.555. The van der Waals surface area contributed by atoms with Crippen LogP contribution in [0.2, 0.25) is 0 Å². The van der Waals surface area contributed by atoms with Crippen molar-refractivity contribution in [1.82, 2.24) is 15.5 Å². The van der Waals surface area contributed by atoms with Gasteiger partial charge >= 0.3 is 6.09 Å².